The number of nitrogens with one attached hydrogen (secondary N) is 1. The van der Waals surface area contributed by atoms with Crippen LogP contribution in [0.5, 0.6) is 0 Å². The molecule has 0 saturated heterocycles. The molecule has 4 nitrogen and oxygen atoms in total. The van der Waals surface area contributed by atoms with Crippen molar-refractivity contribution in [3.05, 3.63) is 63.1 Å². The maximum atomic E-state index is 11.0. The van der Waals surface area contributed by atoms with Gasteiger partial charge in [0.05, 0.1) is 22.0 Å². The van der Waals surface area contributed by atoms with Crippen LogP contribution in [0.1, 0.15) is 22.8 Å². The highest BCUT2D eigenvalue weighted by molar-refractivity contribution is 9.10. The number of hydrogen-bond donors (Lipinski definition) is 2. The molecule has 2 N–H and O–H groups in total. The summed E-state index contributed by atoms with van der Waals surface area (Å²) in [5.41, 5.74) is 5.16. The number of anilines is 1. The van der Waals surface area contributed by atoms with Crippen molar-refractivity contribution in [1.82, 2.24) is 0 Å². The van der Waals surface area contributed by atoms with Crippen molar-refractivity contribution in [3.8, 4) is 0 Å². The Hall–Kier alpha value is -1.85. The molecule has 6 heteroatoms. The van der Waals surface area contributed by atoms with Crippen LogP contribution >= 0.6 is 27.5 Å². The van der Waals surface area contributed by atoms with E-state index < -0.39 is 5.97 Å². The molecule has 0 aliphatic heterocycles. The van der Waals surface area contributed by atoms with Crippen LogP contribution in [0.2, 0.25) is 5.02 Å². The minimum atomic E-state index is -1.07. The Balaban J connectivity index is 2.23. The first-order valence-electron chi connectivity index (χ1n) is 6.07. The van der Waals surface area contributed by atoms with Crippen molar-refractivity contribution >= 4 is 44.9 Å². The molecule has 0 aliphatic carbocycles. The highest BCUT2D eigenvalue weighted by Crippen LogP contribution is 2.21. The molecule has 21 heavy (non-hydrogen) atoms. The molecule has 0 fully saturated rings. The lowest BCUT2D eigenvalue weighted by molar-refractivity contribution is 0.0697. The molecule has 0 radical (unpaired) electrons. The number of hydrogen-bond acceptors (Lipinski definition) is 3. The van der Waals surface area contributed by atoms with Crippen LogP contribution in [-0.4, -0.2) is 16.8 Å². The fourth-order valence-electron chi connectivity index (χ4n) is 1.72. The third-order valence-electron chi connectivity index (χ3n) is 2.81. The predicted molar refractivity (Wildman–Crippen MR) is 88.4 cm³/mol. The van der Waals surface area contributed by atoms with Crippen molar-refractivity contribution in [2.75, 3.05) is 5.43 Å². The van der Waals surface area contributed by atoms with Crippen LogP contribution in [0.4, 0.5) is 5.69 Å². The molecule has 0 atom stereocenters. The Kier molecular flexibility index (Phi) is 4.98. The molecular weight excluding hydrogens is 356 g/mol. The smallest absolute Gasteiger partial charge is 0.337 e. The van der Waals surface area contributed by atoms with Crippen molar-refractivity contribution in [2.45, 2.75) is 6.92 Å². The summed E-state index contributed by atoms with van der Waals surface area (Å²) in [6.07, 6.45) is 0. The standard InChI is InChI=1S/C15H12BrClN2O2/c1-9(11-4-2-3-5-13(11)16)18-19-10-6-7-14(17)12(8-10)15(20)21/h2-8,19H,1H3,(H,20,21)/b18-9+. The summed E-state index contributed by atoms with van der Waals surface area (Å²) in [5.74, 6) is -1.07. The fourth-order valence-corrected chi connectivity index (χ4v) is 2.49. The zero-order valence-corrected chi connectivity index (χ0v) is 13.4. The number of rotatable bonds is 4. The van der Waals surface area contributed by atoms with Gasteiger partial charge in [0.1, 0.15) is 0 Å². The topological polar surface area (TPSA) is 61.7 Å². The number of benzene rings is 2. The minimum absolute atomic E-state index is 0.0374. The Morgan fingerprint density at radius 3 is 2.62 bits per heavy atom. The second kappa shape index (κ2) is 6.74. The molecule has 0 heterocycles. The van der Waals surface area contributed by atoms with Gasteiger partial charge in [0.2, 0.25) is 0 Å². The van der Waals surface area contributed by atoms with Gasteiger partial charge in [-0.25, -0.2) is 4.79 Å². The van der Waals surface area contributed by atoms with E-state index in [4.69, 9.17) is 16.7 Å². The zero-order chi connectivity index (χ0) is 15.4. The van der Waals surface area contributed by atoms with Crippen LogP contribution < -0.4 is 5.43 Å². The van der Waals surface area contributed by atoms with Crippen LogP contribution in [0, 0.1) is 0 Å². The predicted octanol–water partition coefficient (Wildman–Crippen LogP) is 4.64. The van der Waals surface area contributed by atoms with Crippen LogP contribution in [-0.2, 0) is 0 Å². The average molecular weight is 368 g/mol. The number of aromatic carboxylic acids is 1. The van der Waals surface area contributed by atoms with E-state index >= 15 is 0 Å². The maximum Gasteiger partial charge on any atom is 0.337 e. The van der Waals surface area contributed by atoms with Gasteiger partial charge in [-0.05, 0) is 31.2 Å². The molecule has 0 aromatic heterocycles. The Bertz CT molecular complexity index is 717. The highest BCUT2D eigenvalue weighted by atomic mass is 79.9. The monoisotopic (exact) mass is 366 g/mol. The first kappa shape index (κ1) is 15.5. The van der Waals surface area contributed by atoms with Crippen molar-refractivity contribution in [3.63, 3.8) is 0 Å². The van der Waals surface area contributed by atoms with Gasteiger partial charge in [-0.2, -0.15) is 5.10 Å². The molecule has 0 amide bonds. The highest BCUT2D eigenvalue weighted by Gasteiger charge is 2.09. The first-order chi connectivity index (χ1) is 9.99. The summed E-state index contributed by atoms with van der Waals surface area (Å²) >= 11 is 9.28. The summed E-state index contributed by atoms with van der Waals surface area (Å²) in [5, 5.41) is 13.5. The van der Waals surface area contributed by atoms with E-state index in [1.165, 1.54) is 12.1 Å². The summed E-state index contributed by atoms with van der Waals surface area (Å²) in [4.78, 5) is 11.0. The lowest BCUT2D eigenvalue weighted by Gasteiger charge is -2.07. The lowest BCUT2D eigenvalue weighted by atomic mass is 10.1. The van der Waals surface area contributed by atoms with E-state index in [1.807, 2.05) is 31.2 Å². The third kappa shape index (κ3) is 3.83. The molecule has 0 spiro atoms. The fraction of sp³-hybridized carbons (Fsp3) is 0.0667. The third-order valence-corrected chi connectivity index (χ3v) is 3.83. The van der Waals surface area contributed by atoms with E-state index in [9.17, 15) is 4.79 Å². The number of hydrazone groups is 1. The molecule has 0 saturated carbocycles. The quantitative estimate of drug-likeness (QED) is 0.611. The summed E-state index contributed by atoms with van der Waals surface area (Å²) in [7, 11) is 0. The first-order valence-corrected chi connectivity index (χ1v) is 7.24. The van der Waals surface area contributed by atoms with Gasteiger partial charge in [0, 0.05) is 10.0 Å². The molecule has 108 valence electrons. The van der Waals surface area contributed by atoms with Crippen LogP contribution in [0.15, 0.2) is 52.0 Å². The zero-order valence-electron chi connectivity index (χ0n) is 11.1. The summed E-state index contributed by atoms with van der Waals surface area (Å²) in [6.45, 7) is 1.86. The Labute approximate surface area is 135 Å². The van der Waals surface area contributed by atoms with Gasteiger partial charge < -0.3 is 5.11 Å². The molecule has 2 aromatic carbocycles. The molecular formula is C15H12BrClN2O2. The summed E-state index contributed by atoms with van der Waals surface area (Å²) < 4.78 is 0.940. The number of carbonyl (C=O) groups is 1. The van der Waals surface area contributed by atoms with Crippen LogP contribution in [0.25, 0.3) is 0 Å². The lowest BCUT2D eigenvalue weighted by Crippen LogP contribution is -2.02. The van der Waals surface area contributed by atoms with Crippen molar-refractivity contribution in [2.24, 2.45) is 5.10 Å². The second-order valence-corrected chi connectivity index (χ2v) is 5.55. The second-order valence-electron chi connectivity index (χ2n) is 4.29. The Morgan fingerprint density at radius 2 is 1.95 bits per heavy atom. The van der Waals surface area contributed by atoms with Gasteiger partial charge >= 0.3 is 5.97 Å². The van der Waals surface area contributed by atoms with E-state index in [0.29, 0.717) is 5.69 Å². The number of halogens is 2. The minimum Gasteiger partial charge on any atom is -0.478 e. The molecule has 0 bridgehead atoms. The number of carboxylic acid groups (broad SMARTS) is 1. The average Bonchev–Trinajstić information content (AvgIpc) is 2.46. The van der Waals surface area contributed by atoms with Crippen molar-refractivity contribution in [1.29, 1.82) is 0 Å². The number of nitrogens with zero attached hydrogens (tertiary/aromatic N) is 1. The molecule has 0 aliphatic rings. The Morgan fingerprint density at radius 1 is 1.24 bits per heavy atom. The number of carboxylic acids is 1. The van der Waals surface area contributed by atoms with Gasteiger partial charge in [-0.1, -0.05) is 45.7 Å². The molecule has 2 aromatic rings. The van der Waals surface area contributed by atoms with E-state index in [-0.39, 0.29) is 10.6 Å². The molecule has 0 unspecified atom stereocenters. The van der Waals surface area contributed by atoms with E-state index in [2.05, 4.69) is 26.5 Å². The van der Waals surface area contributed by atoms with Gasteiger partial charge in [0.15, 0.2) is 0 Å². The SMILES string of the molecule is C/C(=N\Nc1ccc(Cl)c(C(=O)O)c1)c1ccccc1Br. The van der Waals surface area contributed by atoms with Crippen LogP contribution in [0.3, 0.4) is 0 Å². The maximum absolute atomic E-state index is 11.0. The van der Waals surface area contributed by atoms with E-state index in [0.717, 1.165) is 15.7 Å². The van der Waals surface area contributed by atoms with Gasteiger partial charge in [-0.3, -0.25) is 5.43 Å². The molecule has 2 rings (SSSR count). The van der Waals surface area contributed by atoms with E-state index in [1.54, 1.807) is 6.07 Å². The van der Waals surface area contributed by atoms with Gasteiger partial charge in [0.25, 0.3) is 0 Å². The van der Waals surface area contributed by atoms with Gasteiger partial charge in [-0.15, -0.1) is 0 Å². The largest absolute Gasteiger partial charge is 0.478 e. The normalized spacial score (nSPS) is 11.3. The summed E-state index contributed by atoms with van der Waals surface area (Å²) in [6, 6.07) is 12.4. The van der Waals surface area contributed by atoms with Crippen molar-refractivity contribution < 1.29 is 9.90 Å².